The summed E-state index contributed by atoms with van der Waals surface area (Å²) in [6.45, 7) is 5.36. The van der Waals surface area contributed by atoms with Crippen LogP contribution in [0.2, 0.25) is 0 Å². The Morgan fingerprint density at radius 1 is 1.39 bits per heavy atom. The lowest BCUT2D eigenvalue weighted by Crippen LogP contribution is -2.29. The van der Waals surface area contributed by atoms with E-state index in [1.165, 1.54) is 0 Å². The van der Waals surface area contributed by atoms with E-state index in [0.717, 1.165) is 24.3 Å². The van der Waals surface area contributed by atoms with Crippen LogP contribution in [0.5, 0.6) is 5.75 Å². The van der Waals surface area contributed by atoms with Gasteiger partial charge in [-0.25, -0.2) is 0 Å². The minimum absolute atomic E-state index is 0.0230. The number of ether oxygens (including phenoxy) is 1. The SMILES string of the molecule is CC(C)CCNC(=O)C1=Cc2ccccc2OC1. The molecule has 1 heterocycles. The highest BCUT2D eigenvalue weighted by Gasteiger charge is 2.16. The van der Waals surface area contributed by atoms with Gasteiger partial charge in [-0.05, 0) is 24.5 Å². The van der Waals surface area contributed by atoms with E-state index in [1.807, 2.05) is 30.3 Å². The van der Waals surface area contributed by atoms with Gasteiger partial charge < -0.3 is 10.1 Å². The summed E-state index contributed by atoms with van der Waals surface area (Å²) in [5.74, 6) is 1.42. The zero-order valence-electron chi connectivity index (χ0n) is 10.9. The van der Waals surface area contributed by atoms with E-state index in [9.17, 15) is 4.79 Å². The van der Waals surface area contributed by atoms with Crippen LogP contribution in [0.3, 0.4) is 0 Å². The zero-order chi connectivity index (χ0) is 13.0. The standard InChI is InChI=1S/C15H19NO2/c1-11(2)7-8-16-15(17)13-9-12-5-3-4-6-14(12)18-10-13/h3-6,9,11H,7-8,10H2,1-2H3,(H,16,17). The first-order valence-corrected chi connectivity index (χ1v) is 6.37. The molecule has 1 aliphatic heterocycles. The topological polar surface area (TPSA) is 38.3 Å². The molecule has 0 unspecified atom stereocenters. The fourth-order valence-electron chi connectivity index (χ4n) is 1.84. The Morgan fingerprint density at radius 3 is 2.94 bits per heavy atom. The van der Waals surface area contributed by atoms with Crippen molar-refractivity contribution in [3.05, 3.63) is 35.4 Å². The first-order valence-electron chi connectivity index (χ1n) is 6.37. The maximum absolute atomic E-state index is 11.9. The van der Waals surface area contributed by atoms with E-state index in [0.29, 0.717) is 18.1 Å². The lowest BCUT2D eigenvalue weighted by Gasteiger charge is -2.17. The van der Waals surface area contributed by atoms with Crippen molar-refractivity contribution in [3.63, 3.8) is 0 Å². The Morgan fingerprint density at radius 2 is 2.17 bits per heavy atom. The van der Waals surface area contributed by atoms with Gasteiger partial charge in [-0.1, -0.05) is 32.0 Å². The van der Waals surface area contributed by atoms with Crippen LogP contribution in [0.4, 0.5) is 0 Å². The lowest BCUT2D eigenvalue weighted by atomic mass is 10.1. The second-order valence-electron chi connectivity index (χ2n) is 4.93. The molecule has 1 aliphatic rings. The highest BCUT2D eigenvalue weighted by Crippen LogP contribution is 2.25. The van der Waals surface area contributed by atoms with E-state index >= 15 is 0 Å². The second kappa shape index (κ2) is 5.71. The van der Waals surface area contributed by atoms with E-state index in [-0.39, 0.29) is 5.91 Å². The van der Waals surface area contributed by atoms with Gasteiger partial charge in [-0.3, -0.25) is 4.79 Å². The number of amides is 1. The van der Waals surface area contributed by atoms with Crippen LogP contribution in [-0.2, 0) is 4.79 Å². The number of carbonyl (C=O) groups is 1. The molecule has 1 aromatic rings. The molecule has 96 valence electrons. The van der Waals surface area contributed by atoms with Crippen molar-refractivity contribution in [2.75, 3.05) is 13.2 Å². The van der Waals surface area contributed by atoms with E-state index in [2.05, 4.69) is 19.2 Å². The van der Waals surface area contributed by atoms with Crippen molar-refractivity contribution >= 4 is 12.0 Å². The maximum Gasteiger partial charge on any atom is 0.250 e. The minimum atomic E-state index is -0.0230. The Labute approximate surface area is 108 Å². The van der Waals surface area contributed by atoms with E-state index in [4.69, 9.17) is 4.74 Å². The molecular weight excluding hydrogens is 226 g/mol. The molecule has 1 N–H and O–H groups in total. The summed E-state index contributed by atoms with van der Waals surface area (Å²) in [4.78, 5) is 11.9. The fourth-order valence-corrected chi connectivity index (χ4v) is 1.84. The Kier molecular flexibility index (Phi) is 4.03. The van der Waals surface area contributed by atoms with Crippen molar-refractivity contribution in [1.29, 1.82) is 0 Å². The third-order valence-corrected chi connectivity index (χ3v) is 2.93. The number of hydrogen-bond acceptors (Lipinski definition) is 2. The summed E-state index contributed by atoms with van der Waals surface area (Å²) in [6.07, 6.45) is 2.90. The van der Waals surface area contributed by atoms with Crippen LogP contribution in [0.25, 0.3) is 6.08 Å². The number of hydrogen-bond donors (Lipinski definition) is 1. The van der Waals surface area contributed by atoms with E-state index in [1.54, 1.807) is 0 Å². The summed E-state index contributed by atoms with van der Waals surface area (Å²) < 4.78 is 5.56. The van der Waals surface area contributed by atoms with Crippen LogP contribution < -0.4 is 10.1 Å². The molecule has 2 rings (SSSR count). The predicted octanol–water partition coefficient (Wildman–Crippen LogP) is 2.62. The van der Waals surface area contributed by atoms with Crippen molar-refractivity contribution in [1.82, 2.24) is 5.32 Å². The third-order valence-electron chi connectivity index (χ3n) is 2.93. The molecule has 0 bridgehead atoms. The van der Waals surface area contributed by atoms with Gasteiger partial charge in [0.05, 0.1) is 5.57 Å². The molecule has 0 aliphatic carbocycles. The van der Waals surface area contributed by atoms with Gasteiger partial charge in [0.2, 0.25) is 0 Å². The maximum atomic E-state index is 11.9. The second-order valence-corrected chi connectivity index (χ2v) is 4.93. The van der Waals surface area contributed by atoms with Gasteiger partial charge in [0.25, 0.3) is 5.91 Å². The molecule has 3 nitrogen and oxygen atoms in total. The first kappa shape index (κ1) is 12.7. The third kappa shape index (κ3) is 3.13. The highest BCUT2D eigenvalue weighted by molar-refractivity contribution is 5.99. The van der Waals surface area contributed by atoms with Gasteiger partial charge in [0.1, 0.15) is 12.4 Å². The fraction of sp³-hybridized carbons (Fsp3) is 0.400. The van der Waals surface area contributed by atoms with Gasteiger partial charge in [-0.15, -0.1) is 0 Å². The van der Waals surface area contributed by atoms with E-state index < -0.39 is 0 Å². The van der Waals surface area contributed by atoms with Crippen molar-refractivity contribution in [2.45, 2.75) is 20.3 Å². The molecule has 18 heavy (non-hydrogen) atoms. The summed E-state index contributed by atoms with van der Waals surface area (Å²) >= 11 is 0. The van der Waals surface area contributed by atoms with Crippen molar-refractivity contribution < 1.29 is 9.53 Å². The first-order chi connectivity index (χ1) is 8.66. The average Bonchev–Trinajstić information content (AvgIpc) is 2.37. The Balaban J connectivity index is 1.98. The number of benzene rings is 1. The summed E-state index contributed by atoms with van der Waals surface area (Å²) in [7, 11) is 0. The van der Waals surface area contributed by atoms with Gasteiger partial charge in [-0.2, -0.15) is 0 Å². The molecule has 0 atom stereocenters. The number of nitrogens with one attached hydrogen (secondary N) is 1. The average molecular weight is 245 g/mol. The summed E-state index contributed by atoms with van der Waals surface area (Å²) in [5.41, 5.74) is 1.66. The molecule has 0 aromatic heterocycles. The zero-order valence-corrected chi connectivity index (χ0v) is 10.9. The molecule has 0 radical (unpaired) electrons. The molecule has 1 aromatic carbocycles. The predicted molar refractivity (Wildman–Crippen MR) is 72.4 cm³/mol. The minimum Gasteiger partial charge on any atom is -0.488 e. The smallest absolute Gasteiger partial charge is 0.250 e. The Hall–Kier alpha value is -1.77. The molecule has 0 spiro atoms. The summed E-state index contributed by atoms with van der Waals surface area (Å²) in [5, 5.41) is 2.93. The normalized spacial score (nSPS) is 13.6. The van der Waals surface area contributed by atoms with Crippen LogP contribution in [0, 0.1) is 5.92 Å². The highest BCUT2D eigenvalue weighted by atomic mass is 16.5. The largest absolute Gasteiger partial charge is 0.488 e. The molecule has 0 fully saturated rings. The van der Waals surface area contributed by atoms with Crippen molar-refractivity contribution in [3.8, 4) is 5.75 Å². The number of rotatable bonds is 4. The lowest BCUT2D eigenvalue weighted by molar-refractivity contribution is -0.117. The quantitative estimate of drug-likeness (QED) is 0.885. The Bertz CT molecular complexity index is 463. The van der Waals surface area contributed by atoms with Crippen LogP contribution in [0.1, 0.15) is 25.8 Å². The van der Waals surface area contributed by atoms with Crippen molar-refractivity contribution in [2.24, 2.45) is 5.92 Å². The molecular formula is C15H19NO2. The number of fused-ring (bicyclic) bond motifs is 1. The van der Waals surface area contributed by atoms with Gasteiger partial charge >= 0.3 is 0 Å². The van der Waals surface area contributed by atoms with Gasteiger partial charge in [0, 0.05) is 12.1 Å². The molecule has 3 heteroatoms. The van der Waals surface area contributed by atoms with Gasteiger partial charge in [0.15, 0.2) is 0 Å². The molecule has 0 saturated heterocycles. The molecule has 0 saturated carbocycles. The van der Waals surface area contributed by atoms with Crippen LogP contribution >= 0.6 is 0 Å². The number of carbonyl (C=O) groups excluding carboxylic acids is 1. The molecule has 1 amide bonds. The van der Waals surface area contributed by atoms with Crippen LogP contribution in [-0.4, -0.2) is 19.1 Å². The van der Waals surface area contributed by atoms with Crippen LogP contribution in [0.15, 0.2) is 29.8 Å². The summed E-state index contributed by atoms with van der Waals surface area (Å²) in [6, 6.07) is 7.74. The number of para-hydroxylation sites is 1. The monoisotopic (exact) mass is 245 g/mol.